The second-order valence-corrected chi connectivity index (χ2v) is 10.0. The molecule has 0 fully saturated rings. The van der Waals surface area contributed by atoms with Crippen molar-refractivity contribution < 1.29 is 14.4 Å². The molecule has 2 N–H and O–H groups in total. The van der Waals surface area contributed by atoms with Crippen LogP contribution >= 0.6 is 0 Å². The van der Waals surface area contributed by atoms with Crippen LogP contribution in [0.2, 0.25) is 0 Å². The van der Waals surface area contributed by atoms with Crippen LogP contribution in [-0.4, -0.2) is 66.9 Å². The fraction of sp³-hybridized carbons (Fsp3) is 0.464. The Morgan fingerprint density at radius 2 is 1.69 bits per heavy atom. The summed E-state index contributed by atoms with van der Waals surface area (Å²) < 4.78 is 0. The molecule has 0 atom stereocenters. The first kappa shape index (κ1) is 25.9. The van der Waals surface area contributed by atoms with Gasteiger partial charge in [-0.3, -0.25) is 19.4 Å². The number of rotatable bonds is 10. The van der Waals surface area contributed by atoms with E-state index in [4.69, 9.17) is 0 Å². The highest BCUT2D eigenvalue weighted by Crippen LogP contribution is 2.31. The number of benzene rings is 2. The molecule has 2 amide bonds. The second kappa shape index (κ2) is 11.2. The molecule has 8 nitrogen and oxygen atoms in total. The SMILES string of the molecule is Cc1cc2c(cc1N(CC(=O)NCCNC(C)C)CC(=O)N(C)N1Cc3ccccc3C1)C(=O)CC2. The number of hydrazine groups is 1. The number of likely N-dealkylation sites (N-methyl/N-ethyl adjacent to an activating group) is 1. The normalized spacial score (nSPS) is 14.6. The molecule has 0 aromatic heterocycles. The number of amides is 2. The van der Waals surface area contributed by atoms with Crippen molar-refractivity contribution in [1.82, 2.24) is 20.7 Å². The van der Waals surface area contributed by atoms with Crippen molar-refractivity contribution in [2.24, 2.45) is 0 Å². The number of nitrogens with one attached hydrogen (secondary N) is 2. The third kappa shape index (κ3) is 5.94. The van der Waals surface area contributed by atoms with Gasteiger partial charge >= 0.3 is 0 Å². The van der Waals surface area contributed by atoms with Gasteiger partial charge in [0.1, 0.15) is 0 Å². The molecule has 8 heteroatoms. The Morgan fingerprint density at radius 3 is 2.36 bits per heavy atom. The topological polar surface area (TPSA) is 85.0 Å². The van der Waals surface area contributed by atoms with Crippen molar-refractivity contribution >= 4 is 23.3 Å². The molecule has 0 unspecified atom stereocenters. The summed E-state index contributed by atoms with van der Waals surface area (Å²) in [7, 11) is 1.78. The summed E-state index contributed by atoms with van der Waals surface area (Å²) in [5.74, 6) is -0.146. The van der Waals surface area contributed by atoms with Gasteiger partial charge in [0, 0.05) is 56.9 Å². The molecule has 0 radical (unpaired) electrons. The van der Waals surface area contributed by atoms with Crippen LogP contribution in [0.4, 0.5) is 5.69 Å². The Balaban J connectivity index is 1.49. The van der Waals surface area contributed by atoms with E-state index in [2.05, 4.69) is 36.6 Å². The van der Waals surface area contributed by atoms with Crippen molar-refractivity contribution in [3.8, 4) is 0 Å². The Bertz CT molecular complexity index is 1120. The van der Waals surface area contributed by atoms with Gasteiger partial charge in [-0.25, -0.2) is 5.01 Å². The summed E-state index contributed by atoms with van der Waals surface area (Å²) in [6, 6.07) is 12.4. The zero-order valence-corrected chi connectivity index (χ0v) is 21.8. The van der Waals surface area contributed by atoms with E-state index < -0.39 is 0 Å². The molecule has 0 bridgehead atoms. The Labute approximate surface area is 213 Å². The van der Waals surface area contributed by atoms with Crippen molar-refractivity contribution in [3.05, 3.63) is 64.2 Å². The Kier molecular flexibility index (Phi) is 8.06. The summed E-state index contributed by atoms with van der Waals surface area (Å²) in [4.78, 5) is 40.5. The smallest absolute Gasteiger partial charge is 0.256 e. The predicted octanol–water partition coefficient (Wildman–Crippen LogP) is 2.43. The standard InChI is InChI=1S/C28H37N5O3/c1-19(2)29-11-12-30-27(35)17-32(25-14-24-21(13-20(25)3)9-10-26(24)34)18-28(36)31(4)33-15-22-7-5-6-8-23(22)16-33/h5-8,13-14,19,29H,9-12,15-18H2,1-4H3,(H,30,35). The molecule has 0 saturated carbocycles. The van der Waals surface area contributed by atoms with E-state index in [0.29, 0.717) is 44.2 Å². The van der Waals surface area contributed by atoms with E-state index in [9.17, 15) is 14.4 Å². The minimum atomic E-state index is -0.157. The summed E-state index contributed by atoms with van der Waals surface area (Å²) in [5.41, 5.74) is 5.90. The lowest BCUT2D eigenvalue weighted by Crippen LogP contribution is -2.48. The number of hydrogen-bond acceptors (Lipinski definition) is 6. The largest absolute Gasteiger partial charge is 0.353 e. The van der Waals surface area contributed by atoms with Crippen LogP contribution in [0.15, 0.2) is 36.4 Å². The van der Waals surface area contributed by atoms with Gasteiger partial charge in [-0.2, -0.15) is 0 Å². The van der Waals surface area contributed by atoms with Gasteiger partial charge in [-0.15, -0.1) is 0 Å². The van der Waals surface area contributed by atoms with E-state index in [1.807, 2.05) is 36.2 Å². The van der Waals surface area contributed by atoms with E-state index in [0.717, 1.165) is 23.2 Å². The van der Waals surface area contributed by atoms with Gasteiger partial charge in [0.25, 0.3) is 5.91 Å². The lowest BCUT2D eigenvalue weighted by Gasteiger charge is -2.32. The maximum atomic E-state index is 13.4. The maximum absolute atomic E-state index is 13.4. The van der Waals surface area contributed by atoms with Crippen molar-refractivity contribution in [3.63, 3.8) is 0 Å². The molecule has 4 rings (SSSR count). The molecule has 192 valence electrons. The number of aryl methyl sites for hydroxylation is 2. The number of ketones is 1. The molecule has 1 aliphatic heterocycles. The zero-order chi connectivity index (χ0) is 25.8. The monoisotopic (exact) mass is 491 g/mol. The fourth-order valence-electron chi connectivity index (χ4n) is 4.92. The van der Waals surface area contributed by atoms with Crippen molar-refractivity contribution in [1.29, 1.82) is 0 Å². The fourth-order valence-corrected chi connectivity index (χ4v) is 4.92. The summed E-state index contributed by atoms with van der Waals surface area (Å²) in [6.07, 6.45) is 1.26. The molecule has 2 aliphatic rings. The molecule has 36 heavy (non-hydrogen) atoms. The number of fused-ring (bicyclic) bond motifs is 2. The number of hydrogen-bond donors (Lipinski definition) is 2. The lowest BCUT2D eigenvalue weighted by molar-refractivity contribution is -0.145. The molecule has 0 spiro atoms. The summed E-state index contributed by atoms with van der Waals surface area (Å²) in [6.45, 7) is 8.69. The van der Waals surface area contributed by atoms with E-state index in [1.54, 1.807) is 17.0 Å². The first-order chi connectivity index (χ1) is 17.2. The van der Waals surface area contributed by atoms with Gasteiger partial charge in [0.15, 0.2) is 5.78 Å². The minimum Gasteiger partial charge on any atom is -0.353 e. The number of nitrogens with zero attached hydrogens (tertiary/aromatic N) is 3. The highest BCUT2D eigenvalue weighted by molar-refractivity contribution is 6.01. The number of carbonyl (C=O) groups is 3. The van der Waals surface area contributed by atoms with Crippen molar-refractivity contribution in [2.45, 2.75) is 52.7 Å². The minimum absolute atomic E-state index is 0.0365. The molecule has 2 aromatic carbocycles. The number of Topliss-reactive ketones (excluding diaryl/α,β-unsaturated/α-hetero) is 1. The maximum Gasteiger partial charge on any atom is 0.256 e. The lowest BCUT2D eigenvalue weighted by atomic mass is 10.0. The predicted molar refractivity (Wildman–Crippen MR) is 141 cm³/mol. The van der Waals surface area contributed by atoms with Gasteiger partial charge in [0.05, 0.1) is 13.1 Å². The molecular formula is C28H37N5O3. The summed E-state index contributed by atoms with van der Waals surface area (Å²) in [5, 5.41) is 9.90. The molecular weight excluding hydrogens is 454 g/mol. The third-order valence-electron chi connectivity index (χ3n) is 6.95. The van der Waals surface area contributed by atoms with E-state index in [1.165, 1.54) is 11.1 Å². The Hall–Kier alpha value is -3.23. The quantitative estimate of drug-likeness (QED) is 0.497. The number of anilines is 1. The first-order valence-corrected chi connectivity index (χ1v) is 12.7. The molecule has 1 aliphatic carbocycles. The van der Waals surface area contributed by atoms with Crippen LogP contribution in [0.5, 0.6) is 0 Å². The second-order valence-electron chi connectivity index (χ2n) is 10.0. The average Bonchev–Trinajstić information content (AvgIpc) is 3.43. The van der Waals surface area contributed by atoms with Gasteiger partial charge < -0.3 is 15.5 Å². The van der Waals surface area contributed by atoms with Crippen molar-refractivity contribution in [2.75, 3.05) is 38.1 Å². The molecule has 0 saturated heterocycles. The van der Waals surface area contributed by atoms with Crippen LogP contribution in [0.25, 0.3) is 0 Å². The Morgan fingerprint density at radius 1 is 1.00 bits per heavy atom. The van der Waals surface area contributed by atoms with Crippen LogP contribution in [-0.2, 0) is 29.1 Å². The summed E-state index contributed by atoms with van der Waals surface area (Å²) >= 11 is 0. The average molecular weight is 492 g/mol. The van der Waals surface area contributed by atoms with Gasteiger partial charge in [-0.1, -0.05) is 44.2 Å². The van der Waals surface area contributed by atoms with Crippen LogP contribution in [0.1, 0.15) is 52.9 Å². The van der Waals surface area contributed by atoms with Gasteiger partial charge in [-0.05, 0) is 41.7 Å². The third-order valence-corrected chi connectivity index (χ3v) is 6.95. The molecule has 2 aromatic rings. The van der Waals surface area contributed by atoms with Crippen LogP contribution < -0.4 is 15.5 Å². The van der Waals surface area contributed by atoms with Crippen LogP contribution in [0, 0.1) is 6.92 Å². The molecule has 1 heterocycles. The van der Waals surface area contributed by atoms with Gasteiger partial charge in [0.2, 0.25) is 5.91 Å². The van der Waals surface area contributed by atoms with E-state index >= 15 is 0 Å². The highest BCUT2D eigenvalue weighted by atomic mass is 16.2. The zero-order valence-electron chi connectivity index (χ0n) is 21.8. The highest BCUT2D eigenvalue weighted by Gasteiger charge is 2.28. The van der Waals surface area contributed by atoms with Crippen LogP contribution in [0.3, 0.4) is 0 Å². The first-order valence-electron chi connectivity index (χ1n) is 12.7. The number of carbonyl (C=O) groups excluding carboxylic acids is 3. The van der Waals surface area contributed by atoms with E-state index in [-0.39, 0.29) is 30.7 Å².